The number of carbonyl (C=O) groups is 2. The first-order valence-corrected chi connectivity index (χ1v) is 2.13. The van der Waals surface area contributed by atoms with Crippen LogP contribution in [0.15, 0.2) is 0 Å². The topological polar surface area (TPSA) is 91.3 Å². The van der Waals surface area contributed by atoms with Crippen molar-refractivity contribution in [2.75, 3.05) is 0 Å². The van der Waals surface area contributed by atoms with Gasteiger partial charge in [0.15, 0.2) is 0 Å². The molecule has 1 fully saturated rings. The van der Waals surface area contributed by atoms with Crippen molar-refractivity contribution in [2.24, 2.45) is 0 Å². The highest BCUT2D eigenvalue weighted by Gasteiger charge is 2.33. The van der Waals surface area contributed by atoms with E-state index >= 15 is 0 Å². The molecule has 8 heteroatoms. The van der Waals surface area contributed by atoms with Gasteiger partial charge in [-0.2, -0.15) is 9.61 Å². The van der Waals surface area contributed by atoms with Crippen molar-refractivity contribution in [3.05, 3.63) is 0 Å². The minimum atomic E-state index is -1.89. The van der Waals surface area contributed by atoms with Crippen molar-refractivity contribution in [1.29, 1.82) is 0 Å². The summed E-state index contributed by atoms with van der Waals surface area (Å²) in [4.78, 5) is 35.0. The molecule has 0 atom stereocenters. The Labute approximate surface area is 54.5 Å². The third-order valence-electron chi connectivity index (χ3n) is 0.579. The van der Waals surface area contributed by atoms with Gasteiger partial charge < -0.3 is 5.02 Å². The smallest absolute Gasteiger partial charge is 0.398 e. The van der Waals surface area contributed by atoms with Gasteiger partial charge in [0.25, 0.3) is 0 Å². The average molecular weight is 148 g/mol. The zero-order valence-electron chi connectivity index (χ0n) is 4.47. The van der Waals surface area contributed by atoms with Crippen LogP contribution in [-0.2, 0) is 29.0 Å². The van der Waals surface area contributed by atoms with Crippen molar-refractivity contribution < 1.29 is 34.0 Å². The lowest BCUT2D eigenvalue weighted by Gasteiger charge is -1.93. The molecular formula is C2HBO7. The summed E-state index contributed by atoms with van der Waals surface area (Å²) in [6.07, 6.45) is 0. The molecule has 1 saturated heterocycles. The van der Waals surface area contributed by atoms with Crippen LogP contribution in [0.2, 0.25) is 0 Å². The number of carbonyl (C=O) groups excluding carboxylic acids is 2. The first-order chi connectivity index (χ1) is 4.70. The molecule has 0 aromatic carbocycles. The molecule has 0 aromatic rings. The molecule has 0 radical (unpaired) electrons. The third-order valence-corrected chi connectivity index (χ3v) is 0.579. The van der Waals surface area contributed by atoms with E-state index in [-0.39, 0.29) is 0 Å². The van der Waals surface area contributed by atoms with E-state index in [0.29, 0.717) is 0 Å². The predicted molar refractivity (Wildman–Crippen MR) is 22.3 cm³/mol. The molecule has 1 aliphatic heterocycles. The summed E-state index contributed by atoms with van der Waals surface area (Å²) < 4.78 is 0. The van der Waals surface area contributed by atoms with Crippen molar-refractivity contribution in [3.8, 4) is 0 Å². The van der Waals surface area contributed by atoms with Crippen LogP contribution in [0.5, 0.6) is 0 Å². The van der Waals surface area contributed by atoms with Crippen LogP contribution in [0.1, 0.15) is 0 Å². The van der Waals surface area contributed by atoms with Crippen molar-refractivity contribution >= 4 is 19.3 Å². The summed E-state index contributed by atoms with van der Waals surface area (Å²) >= 11 is 0. The highest BCUT2D eigenvalue weighted by atomic mass is 17.3. The molecule has 0 bridgehead atoms. The quantitative estimate of drug-likeness (QED) is 0.239. The number of rotatable bonds is 0. The fraction of sp³-hybridized carbons (Fsp3) is 0. The molecule has 0 aliphatic carbocycles. The second kappa shape index (κ2) is 2.65. The summed E-state index contributed by atoms with van der Waals surface area (Å²) in [5.74, 6) is -2.78. The van der Waals surface area contributed by atoms with Gasteiger partial charge in [0.2, 0.25) is 0 Å². The lowest BCUT2D eigenvalue weighted by molar-refractivity contribution is -0.237. The minimum Gasteiger partial charge on any atom is -0.398 e. The molecule has 0 saturated carbocycles. The highest BCUT2D eigenvalue weighted by molar-refractivity contribution is 6.37. The zero-order chi connectivity index (χ0) is 7.56. The van der Waals surface area contributed by atoms with Crippen LogP contribution in [0.25, 0.3) is 0 Å². The molecule has 0 aromatic heterocycles. The van der Waals surface area contributed by atoms with Gasteiger partial charge in [-0.05, 0) is 0 Å². The van der Waals surface area contributed by atoms with E-state index in [2.05, 4.69) is 19.4 Å². The average Bonchev–Trinajstić information content (AvgIpc) is 2.04. The van der Waals surface area contributed by atoms with Gasteiger partial charge >= 0.3 is 19.3 Å². The Morgan fingerprint density at radius 1 is 1.10 bits per heavy atom. The van der Waals surface area contributed by atoms with E-state index < -0.39 is 19.3 Å². The number of hydrogen-bond donors (Lipinski definition) is 1. The summed E-state index contributed by atoms with van der Waals surface area (Å²) in [7, 11) is -1.89. The lowest BCUT2D eigenvalue weighted by atomic mass is 10.3. The standard InChI is InChI=1S/C2HBO7/c4-1-2(5)8-10-3(6)9-7-1/h6H. The summed E-state index contributed by atoms with van der Waals surface area (Å²) in [6, 6.07) is 0. The van der Waals surface area contributed by atoms with Crippen molar-refractivity contribution in [2.45, 2.75) is 0 Å². The van der Waals surface area contributed by atoms with Crippen LogP contribution >= 0.6 is 0 Å². The van der Waals surface area contributed by atoms with Gasteiger partial charge in [-0.1, -0.05) is 0 Å². The Hall–Kier alpha value is -1.12. The van der Waals surface area contributed by atoms with E-state index in [9.17, 15) is 9.59 Å². The molecule has 0 amide bonds. The van der Waals surface area contributed by atoms with Crippen LogP contribution in [0.4, 0.5) is 0 Å². The Bertz CT molecular complexity index is 147. The Morgan fingerprint density at radius 2 is 1.50 bits per heavy atom. The van der Waals surface area contributed by atoms with Crippen molar-refractivity contribution in [3.63, 3.8) is 0 Å². The van der Waals surface area contributed by atoms with Gasteiger partial charge in [0.1, 0.15) is 0 Å². The third kappa shape index (κ3) is 1.44. The van der Waals surface area contributed by atoms with Gasteiger partial charge in [-0.15, -0.1) is 0 Å². The molecule has 7 nitrogen and oxygen atoms in total. The molecule has 1 aliphatic rings. The van der Waals surface area contributed by atoms with Gasteiger partial charge in [0.05, 0.1) is 0 Å². The second-order valence-electron chi connectivity index (χ2n) is 1.24. The second-order valence-corrected chi connectivity index (χ2v) is 1.24. The maximum absolute atomic E-state index is 10.1. The van der Waals surface area contributed by atoms with Crippen LogP contribution in [-0.4, -0.2) is 24.3 Å². The normalized spacial score (nSPS) is 19.5. The summed E-state index contributed by atoms with van der Waals surface area (Å²) in [6.45, 7) is 0. The Balaban J connectivity index is 2.55. The maximum atomic E-state index is 10.1. The van der Waals surface area contributed by atoms with Gasteiger partial charge in [0, 0.05) is 0 Å². The highest BCUT2D eigenvalue weighted by Crippen LogP contribution is 1.96. The van der Waals surface area contributed by atoms with E-state index in [4.69, 9.17) is 5.02 Å². The van der Waals surface area contributed by atoms with E-state index in [1.165, 1.54) is 0 Å². The predicted octanol–water partition coefficient (Wildman–Crippen LogP) is -2.07. The van der Waals surface area contributed by atoms with E-state index in [1.54, 1.807) is 0 Å². The largest absolute Gasteiger partial charge is 0.713 e. The summed E-state index contributed by atoms with van der Waals surface area (Å²) in [5.41, 5.74) is 0. The van der Waals surface area contributed by atoms with Gasteiger partial charge in [-0.3, -0.25) is 9.78 Å². The monoisotopic (exact) mass is 148 g/mol. The lowest BCUT2D eigenvalue weighted by Crippen LogP contribution is -2.19. The first kappa shape index (κ1) is 7.00. The Morgan fingerprint density at radius 3 is 1.90 bits per heavy atom. The SMILES string of the molecule is O=C1OOB(O)OOC1=O. The van der Waals surface area contributed by atoms with E-state index in [0.717, 1.165) is 0 Å². The molecule has 0 unspecified atom stereocenters. The van der Waals surface area contributed by atoms with Gasteiger partial charge in [-0.25, -0.2) is 9.59 Å². The maximum Gasteiger partial charge on any atom is 0.713 e. The Kier molecular flexibility index (Phi) is 1.85. The summed E-state index contributed by atoms with van der Waals surface area (Å²) in [5, 5.41) is 8.33. The molecule has 10 heavy (non-hydrogen) atoms. The van der Waals surface area contributed by atoms with Crippen LogP contribution in [0, 0.1) is 0 Å². The zero-order valence-corrected chi connectivity index (χ0v) is 4.47. The molecule has 1 heterocycles. The van der Waals surface area contributed by atoms with Crippen LogP contribution in [0.3, 0.4) is 0 Å². The molecule has 1 N–H and O–H groups in total. The molecule has 54 valence electrons. The fourth-order valence-corrected chi connectivity index (χ4v) is 0.254. The molecular weight excluding hydrogens is 147 g/mol. The number of hydrogen-bond acceptors (Lipinski definition) is 7. The van der Waals surface area contributed by atoms with Crippen molar-refractivity contribution in [1.82, 2.24) is 0 Å². The molecule has 1 rings (SSSR count). The minimum absolute atomic E-state index is 1.39. The molecule has 0 spiro atoms. The fourth-order valence-electron chi connectivity index (χ4n) is 0.254. The van der Waals surface area contributed by atoms with Crippen LogP contribution < -0.4 is 0 Å². The van der Waals surface area contributed by atoms with E-state index in [1.807, 2.05) is 0 Å². The first-order valence-electron chi connectivity index (χ1n) is 2.13.